The second-order valence-electron chi connectivity index (χ2n) is 2.56. The molecular formula is C7H14N2O4. The van der Waals surface area contributed by atoms with E-state index in [-0.39, 0.29) is 25.4 Å². The van der Waals surface area contributed by atoms with E-state index < -0.39 is 12.1 Å². The van der Waals surface area contributed by atoms with E-state index in [4.69, 9.17) is 10.2 Å². The number of nitrogens with one attached hydrogen (secondary N) is 2. The van der Waals surface area contributed by atoms with E-state index in [9.17, 15) is 9.59 Å². The lowest BCUT2D eigenvalue weighted by Gasteiger charge is -2.08. The number of likely N-dealkylation sites (N-methyl/N-ethyl adjacent to an activating group) is 1. The molecule has 6 nitrogen and oxygen atoms in total. The van der Waals surface area contributed by atoms with E-state index in [0.29, 0.717) is 0 Å². The first-order valence-electron chi connectivity index (χ1n) is 3.87. The van der Waals surface area contributed by atoms with Crippen LogP contribution in [0.5, 0.6) is 0 Å². The van der Waals surface area contributed by atoms with Gasteiger partial charge in [-0.15, -0.1) is 0 Å². The summed E-state index contributed by atoms with van der Waals surface area (Å²) in [5.41, 5.74) is 0. The van der Waals surface area contributed by atoms with Crippen LogP contribution < -0.4 is 10.6 Å². The molecule has 0 spiro atoms. The molecular weight excluding hydrogens is 176 g/mol. The summed E-state index contributed by atoms with van der Waals surface area (Å²) in [7, 11) is 1.50. The summed E-state index contributed by atoms with van der Waals surface area (Å²) in [5, 5.41) is 22.3. The highest BCUT2D eigenvalue weighted by molar-refractivity contribution is 5.77. The van der Waals surface area contributed by atoms with Gasteiger partial charge in [-0.3, -0.25) is 9.59 Å². The first-order chi connectivity index (χ1) is 6.06. The third-order valence-corrected chi connectivity index (χ3v) is 1.35. The summed E-state index contributed by atoms with van der Waals surface area (Å²) >= 11 is 0. The SMILES string of the molecule is CNC(=O)CNCC(O)CC(=O)O. The van der Waals surface area contributed by atoms with Gasteiger partial charge in [-0.25, -0.2) is 0 Å². The largest absolute Gasteiger partial charge is 0.481 e. The number of aliphatic hydroxyl groups is 1. The monoisotopic (exact) mass is 190 g/mol. The number of hydrogen-bond acceptors (Lipinski definition) is 4. The minimum absolute atomic E-state index is 0.0766. The Bertz CT molecular complexity index is 183. The molecule has 76 valence electrons. The normalized spacial score (nSPS) is 12.2. The van der Waals surface area contributed by atoms with Gasteiger partial charge < -0.3 is 20.8 Å². The fourth-order valence-corrected chi connectivity index (χ4v) is 0.714. The third-order valence-electron chi connectivity index (χ3n) is 1.35. The van der Waals surface area contributed by atoms with Crippen LogP contribution in [-0.4, -0.2) is 48.3 Å². The summed E-state index contributed by atoms with van der Waals surface area (Å²) in [6.45, 7) is 0.174. The van der Waals surface area contributed by atoms with Crippen molar-refractivity contribution in [3.05, 3.63) is 0 Å². The van der Waals surface area contributed by atoms with Gasteiger partial charge in [-0.2, -0.15) is 0 Å². The van der Waals surface area contributed by atoms with E-state index in [1.807, 2.05) is 0 Å². The molecule has 0 aliphatic rings. The van der Waals surface area contributed by atoms with Crippen LogP contribution in [0, 0.1) is 0 Å². The van der Waals surface area contributed by atoms with Crippen LogP contribution in [-0.2, 0) is 9.59 Å². The second-order valence-corrected chi connectivity index (χ2v) is 2.56. The van der Waals surface area contributed by atoms with E-state index in [2.05, 4.69) is 10.6 Å². The van der Waals surface area contributed by atoms with Crippen molar-refractivity contribution >= 4 is 11.9 Å². The number of amides is 1. The average Bonchev–Trinajstić information content (AvgIpc) is 2.02. The molecule has 0 aliphatic carbocycles. The maximum absolute atomic E-state index is 10.6. The maximum Gasteiger partial charge on any atom is 0.306 e. The molecule has 0 saturated carbocycles. The molecule has 0 radical (unpaired) electrons. The van der Waals surface area contributed by atoms with Crippen molar-refractivity contribution in [3.8, 4) is 0 Å². The Labute approximate surface area is 75.9 Å². The molecule has 0 aromatic heterocycles. The lowest BCUT2D eigenvalue weighted by molar-refractivity contribution is -0.139. The molecule has 0 bridgehead atoms. The number of hydrogen-bond donors (Lipinski definition) is 4. The Morgan fingerprint density at radius 2 is 2.08 bits per heavy atom. The van der Waals surface area contributed by atoms with Crippen molar-refractivity contribution in [2.45, 2.75) is 12.5 Å². The van der Waals surface area contributed by atoms with E-state index in [1.54, 1.807) is 0 Å². The first-order valence-corrected chi connectivity index (χ1v) is 3.87. The Hall–Kier alpha value is -1.14. The highest BCUT2D eigenvalue weighted by Gasteiger charge is 2.08. The maximum atomic E-state index is 10.6. The van der Waals surface area contributed by atoms with Gasteiger partial charge in [0.05, 0.1) is 19.1 Å². The summed E-state index contributed by atoms with van der Waals surface area (Å²) in [4.78, 5) is 20.7. The predicted molar refractivity (Wildman–Crippen MR) is 45.2 cm³/mol. The van der Waals surface area contributed by atoms with Crippen molar-refractivity contribution in [3.63, 3.8) is 0 Å². The lowest BCUT2D eigenvalue weighted by Crippen LogP contribution is -2.36. The van der Waals surface area contributed by atoms with Gasteiger partial charge >= 0.3 is 5.97 Å². The van der Waals surface area contributed by atoms with Gasteiger partial charge in [0.2, 0.25) is 5.91 Å². The minimum atomic E-state index is -1.06. The number of rotatable bonds is 6. The van der Waals surface area contributed by atoms with Crippen molar-refractivity contribution in [2.75, 3.05) is 20.1 Å². The molecule has 0 aromatic rings. The number of carbonyl (C=O) groups excluding carboxylic acids is 1. The van der Waals surface area contributed by atoms with Gasteiger partial charge in [0, 0.05) is 13.6 Å². The Balaban J connectivity index is 3.42. The first kappa shape index (κ1) is 11.9. The second kappa shape index (κ2) is 6.38. The van der Waals surface area contributed by atoms with Gasteiger partial charge in [0.1, 0.15) is 0 Å². The molecule has 1 unspecified atom stereocenters. The Morgan fingerprint density at radius 1 is 1.46 bits per heavy atom. The lowest BCUT2D eigenvalue weighted by atomic mass is 10.2. The molecule has 0 heterocycles. The standard InChI is InChI=1S/C7H14N2O4/c1-8-6(11)4-9-3-5(10)2-7(12)13/h5,9-10H,2-4H2,1H3,(H,8,11)(H,12,13). The van der Waals surface area contributed by atoms with Crippen LogP contribution in [0.15, 0.2) is 0 Å². The van der Waals surface area contributed by atoms with Crippen molar-refractivity contribution in [2.24, 2.45) is 0 Å². The molecule has 0 aliphatic heterocycles. The molecule has 0 rings (SSSR count). The molecule has 1 amide bonds. The fourth-order valence-electron chi connectivity index (χ4n) is 0.714. The average molecular weight is 190 g/mol. The minimum Gasteiger partial charge on any atom is -0.481 e. The number of carbonyl (C=O) groups is 2. The Kier molecular flexibility index (Phi) is 5.82. The van der Waals surface area contributed by atoms with Crippen LogP contribution in [0.4, 0.5) is 0 Å². The van der Waals surface area contributed by atoms with Crippen LogP contribution in [0.1, 0.15) is 6.42 Å². The number of carboxylic acids is 1. The van der Waals surface area contributed by atoms with Crippen LogP contribution >= 0.6 is 0 Å². The zero-order valence-electron chi connectivity index (χ0n) is 7.41. The highest BCUT2D eigenvalue weighted by Crippen LogP contribution is 1.88. The van der Waals surface area contributed by atoms with Gasteiger partial charge in [-0.05, 0) is 0 Å². The van der Waals surface area contributed by atoms with Crippen LogP contribution in [0.25, 0.3) is 0 Å². The van der Waals surface area contributed by atoms with E-state index in [1.165, 1.54) is 7.05 Å². The fraction of sp³-hybridized carbons (Fsp3) is 0.714. The van der Waals surface area contributed by atoms with Crippen LogP contribution in [0.2, 0.25) is 0 Å². The molecule has 1 atom stereocenters. The predicted octanol–water partition coefficient (Wildman–Crippen LogP) is -1.84. The van der Waals surface area contributed by atoms with Crippen LogP contribution in [0.3, 0.4) is 0 Å². The topological polar surface area (TPSA) is 98.7 Å². The Morgan fingerprint density at radius 3 is 2.54 bits per heavy atom. The highest BCUT2D eigenvalue weighted by atomic mass is 16.4. The summed E-state index contributed by atoms with van der Waals surface area (Å²) in [6.07, 6.45) is -1.28. The molecule has 0 saturated heterocycles. The summed E-state index contributed by atoms with van der Waals surface area (Å²) in [5.74, 6) is -1.27. The zero-order valence-corrected chi connectivity index (χ0v) is 7.41. The number of aliphatic carboxylic acids is 1. The van der Waals surface area contributed by atoms with Gasteiger partial charge in [0.15, 0.2) is 0 Å². The number of aliphatic hydroxyl groups excluding tert-OH is 1. The number of carboxylic acid groups (broad SMARTS) is 1. The van der Waals surface area contributed by atoms with E-state index in [0.717, 1.165) is 0 Å². The smallest absolute Gasteiger partial charge is 0.306 e. The molecule has 0 aromatic carbocycles. The summed E-state index contributed by atoms with van der Waals surface area (Å²) < 4.78 is 0. The van der Waals surface area contributed by atoms with Crippen molar-refractivity contribution in [1.29, 1.82) is 0 Å². The molecule has 13 heavy (non-hydrogen) atoms. The van der Waals surface area contributed by atoms with Crippen molar-refractivity contribution < 1.29 is 19.8 Å². The van der Waals surface area contributed by atoms with Crippen molar-refractivity contribution in [1.82, 2.24) is 10.6 Å². The third kappa shape index (κ3) is 7.23. The molecule has 4 N–H and O–H groups in total. The quantitative estimate of drug-likeness (QED) is 0.394. The zero-order chi connectivity index (χ0) is 10.3. The molecule has 6 heteroatoms. The van der Waals surface area contributed by atoms with Gasteiger partial charge in [-0.1, -0.05) is 0 Å². The molecule has 0 fully saturated rings. The van der Waals surface area contributed by atoms with E-state index >= 15 is 0 Å². The van der Waals surface area contributed by atoms with Gasteiger partial charge in [0.25, 0.3) is 0 Å². The summed E-state index contributed by atoms with van der Waals surface area (Å²) in [6, 6.07) is 0.